The summed E-state index contributed by atoms with van der Waals surface area (Å²) in [6, 6.07) is 6.19. The first-order valence-corrected chi connectivity index (χ1v) is 5.89. The number of aromatic nitrogens is 1. The van der Waals surface area contributed by atoms with Crippen LogP contribution >= 0.6 is 22.6 Å². The maximum Gasteiger partial charge on any atom is 0.129 e. The van der Waals surface area contributed by atoms with Crippen molar-refractivity contribution in [1.29, 1.82) is 0 Å². The summed E-state index contributed by atoms with van der Waals surface area (Å²) in [6.07, 6.45) is 0. The van der Waals surface area contributed by atoms with Gasteiger partial charge in [-0.15, -0.1) is 0 Å². The summed E-state index contributed by atoms with van der Waals surface area (Å²) in [5, 5.41) is 0. The average Bonchev–Trinajstić information content (AvgIpc) is 2.19. The van der Waals surface area contributed by atoms with E-state index in [1.165, 1.54) is 0 Å². The van der Waals surface area contributed by atoms with Gasteiger partial charge < -0.3 is 9.80 Å². The number of hydrogen-bond acceptors (Lipinski definition) is 3. The first-order valence-electron chi connectivity index (χ1n) is 4.82. The Labute approximate surface area is 98.3 Å². The number of nitrogens with zero attached hydrogens (tertiary/aromatic N) is 3. The summed E-state index contributed by atoms with van der Waals surface area (Å²) in [6.45, 7) is 4.44. The van der Waals surface area contributed by atoms with Crippen LogP contribution in [-0.4, -0.2) is 43.1 Å². The molecule has 3 nitrogen and oxygen atoms in total. The van der Waals surface area contributed by atoms with E-state index < -0.39 is 0 Å². The zero-order chi connectivity index (χ0) is 9.97. The molecular formula is C10H14IN3. The van der Waals surface area contributed by atoms with Crippen molar-refractivity contribution in [3.63, 3.8) is 0 Å². The lowest BCUT2D eigenvalue weighted by Crippen LogP contribution is -2.44. The second kappa shape index (κ2) is 4.44. The van der Waals surface area contributed by atoms with Crippen LogP contribution in [0.3, 0.4) is 0 Å². The van der Waals surface area contributed by atoms with Crippen LogP contribution in [0.25, 0.3) is 0 Å². The monoisotopic (exact) mass is 303 g/mol. The Morgan fingerprint density at radius 3 is 2.57 bits per heavy atom. The molecule has 14 heavy (non-hydrogen) atoms. The van der Waals surface area contributed by atoms with Gasteiger partial charge in [0.2, 0.25) is 0 Å². The van der Waals surface area contributed by atoms with E-state index in [0.717, 1.165) is 35.7 Å². The zero-order valence-electron chi connectivity index (χ0n) is 8.28. The molecule has 0 atom stereocenters. The molecule has 1 aromatic rings. The van der Waals surface area contributed by atoms with E-state index in [1.54, 1.807) is 0 Å². The van der Waals surface area contributed by atoms with Gasteiger partial charge in [-0.05, 0) is 41.8 Å². The molecule has 0 bridgehead atoms. The fraction of sp³-hybridized carbons (Fsp3) is 0.500. The third-order valence-corrected chi connectivity index (χ3v) is 3.13. The molecule has 0 amide bonds. The lowest BCUT2D eigenvalue weighted by molar-refractivity contribution is 0.312. The summed E-state index contributed by atoms with van der Waals surface area (Å²) < 4.78 is 1.07. The number of piperazine rings is 1. The minimum absolute atomic E-state index is 1.07. The van der Waals surface area contributed by atoms with Crippen molar-refractivity contribution >= 4 is 28.4 Å². The van der Waals surface area contributed by atoms with Gasteiger partial charge in [-0.2, -0.15) is 0 Å². The normalized spacial score (nSPS) is 18.6. The molecule has 1 aromatic heterocycles. The predicted molar refractivity (Wildman–Crippen MR) is 66.7 cm³/mol. The molecule has 2 rings (SSSR count). The number of likely N-dealkylation sites (N-methyl/N-ethyl adjacent to an activating group) is 1. The maximum atomic E-state index is 4.52. The van der Waals surface area contributed by atoms with Gasteiger partial charge in [0.25, 0.3) is 0 Å². The first-order chi connectivity index (χ1) is 6.75. The first kappa shape index (κ1) is 10.2. The quantitative estimate of drug-likeness (QED) is 0.578. The van der Waals surface area contributed by atoms with Gasteiger partial charge in [-0.25, -0.2) is 4.98 Å². The molecule has 0 N–H and O–H groups in total. The molecule has 1 aliphatic rings. The number of anilines is 1. The number of rotatable bonds is 1. The number of halogens is 1. The van der Waals surface area contributed by atoms with Gasteiger partial charge >= 0.3 is 0 Å². The lowest BCUT2D eigenvalue weighted by Gasteiger charge is -2.33. The lowest BCUT2D eigenvalue weighted by atomic mass is 10.3. The molecule has 1 fully saturated rings. The van der Waals surface area contributed by atoms with Crippen LogP contribution in [0, 0.1) is 3.70 Å². The van der Waals surface area contributed by atoms with Crippen LogP contribution in [0.2, 0.25) is 0 Å². The van der Waals surface area contributed by atoms with Crippen LogP contribution < -0.4 is 4.90 Å². The third-order valence-electron chi connectivity index (χ3n) is 2.53. The molecule has 0 spiro atoms. The van der Waals surface area contributed by atoms with Crippen molar-refractivity contribution in [2.45, 2.75) is 0 Å². The third kappa shape index (κ3) is 2.36. The van der Waals surface area contributed by atoms with Gasteiger partial charge in [0.15, 0.2) is 0 Å². The Hall–Kier alpha value is -0.360. The molecule has 0 saturated carbocycles. The Balaban J connectivity index is 2.08. The SMILES string of the molecule is CN1CCN(c2cccc(I)n2)CC1. The summed E-state index contributed by atoms with van der Waals surface area (Å²) in [4.78, 5) is 9.22. The molecule has 1 aliphatic heterocycles. The Kier molecular flexibility index (Phi) is 3.22. The highest BCUT2D eigenvalue weighted by Crippen LogP contribution is 2.14. The van der Waals surface area contributed by atoms with Crippen molar-refractivity contribution in [1.82, 2.24) is 9.88 Å². The van der Waals surface area contributed by atoms with Crippen molar-refractivity contribution in [3.05, 3.63) is 21.9 Å². The topological polar surface area (TPSA) is 19.4 Å². The van der Waals surface area contributed by atoms with Crippen molar-refractivity contribution in [2.24, 2.45) is 0 Å². The Morgan fingerprint density at radius 1 is 1.21 bits per heavy atom. The summed E-state index contributed by atoms with van der Waals surface area (Å²) in [5.74, 6) is 1.12. The average molecular weight is 303 g/mol. The van der Waals surface area contributed by atoms with Crippen LogP contribution in [0.1, 0.15) is 0 Å². The molecule has 0 aliphatic carbocycles. The fourth-order valence-corrected chi connectivity index (χ4v) is 2.06. The highest BCUT2D eigenvalue weighted by Gasteiger charge is 2.14. The van der Waals surface area contributed by atoms with E-state index in [2.05, 4.69) is 56.6 Å². The van der Waals surface area contributed by atoms with Gasteiger partial charge in [-0.3, -0.25) is 0 Å². The predicted octanol–water partition coefficient (Wildman–Crippen LogP) is 1.44. The molecule has 4 heteroatoms. The van der Waals surface area contributed by atoms with E-state index in [0.29, 0.717) is 0 Å². The minimum atomic E-state index is 1.07. The number of pyridine rings is 1. The molecule has 1 saturated heterocycles. The minimum Gasteiger partial charge on any atom is -0.354 e. The molecule has 0 radical (unpaired) electrons. The van der Waals surface area contributed by atoms with E-state index in [9.17, 15) is 0 Å². The zero-order valence-corrected chi connectivity index (χ0v) is 10.4. The highest BCUT2D eigenvalue weighted by atomic mass is 127. The smallest absolute Gasteiger partial charge is 0.129 e. The highest BCUT2D eigenvalue weighted by molar-refractivity contribution is 14.1. The molecular weight excluding hydrogens is 289 g/mol. The summed E-state index contributed by atoms with van der Waals surface area (Å²) >= 11 is 2.26. The second-order valence-electron chi connectivity index (χ2n) is 3.61. The van der Waals surface area contributed by atoms with E-state index in [4.69, 9.17) is 0 Å². The van der Waals surface area contributed by atoms with Crippen molar-refractivity contribution < 1.29 is 0 Å². The van der Waals surface area contributed by atoms with Gasteiger partial charge in [0.1, 0.15) is 9.52 Å². The standard InChI is InChI=1S/C10H14IN3/c1-13-5-7-14(8-6-13)10-4-2-3-9(11)12-10/h2-4H,5-8H2,1H3. The van der Waals surface area contributed by atoms with Crippen molar-refractivity contribution in [3.8, 4) is 0 Å². The van der Waals surface area contributed by atoms with Gasteiger partial charge in [0.05, 0.1) is 0 Å². The van der Waals surface area contributed by atoms with Crippen LogP contribution in [-0.2, 0) is 0 Å². The van der Waals surface area contributed by atoms with E-state index >= 15 is 0 Å². The molecule has 0 unspecified atom stereocenters. The van der Waals surface area contributed by atoms with Crippen molar-refractivity contribution in [2.75, 3.05) is 38.1 Å². The Morgan fingerprint density at radius 2 is 1.93 bits per heavy atom. The van der Waals surface area contributed by atoms with Crippen LogP contribution in [0.5, 0.6) is 0 Å². The largest absolute Gasteiger partial charge is 0.354 e. The number of hydrogen-bond donors (Lipinski definition) is 0. The molecule has 0 aromatic carbocycles. The fourth-order valence-electron chi connectivity index (χ4n) is 1.61. The van der Waals surface area contributed by atoms with E-state index in [1.807, 2.05) is 6.07 Å². The summed E-state index contributed by atoms with van der Waals surface area (Å²) in [5.41, 5.74) is 0. The second-order valence-corrected chi connectivity index (χ2v) is 4.71. The van der Waals surface area contributed by atoms with E-state index in [-0.39, 0.29) is 0 Å². The van der Waals surface area contributed by atoms with Gasteiger partial charge in [0, 0.05) is 26.2 Å². The Bertz CT molecular complexity index is 308. The molecule has 76 valence electrons. The van der Waals surface area contributed by atoms with Crippen LogP contribution in [0.4, 0.5) is 5.82 Å². The van der Waals surface area contributed by atoms with Gasteiger partial charge in [-0.1, -0.05) is 6.07 Å². The summed E-state index contributed by atoms with van der Waals surface area (Å²) in [7, 11) is 2.17. The molecule has 2 heterocycles. The maximum absolute atomic E-state index is 4.52. The van der Waals surface area contributed by atoms with Crippen LogP contribution in [0.15, 0.2) is 18.2 Å².